The van der Waals surface area contributed by atoms with Crippen molar-refractivity contribution in [2.45, 2.75) is 26.7 Å². The second-order valence-corrected chi connectivity index (χ2v) is 5.72. The fourth-order valence-corrected chi connectivity index (χ4v) is 2.45. The number of hydrogen-bond donors (Lipinski definition) is 2. The van der Waals surface area contributed by atoms with Crippen LogP contribution in [-0.4, -0.2) is 29.8 Å². The van der Waals surface area contributed by atoms with Gasteiger partial charge in [0.25, 0.3) is 0 Å². The Kier molecular flexibility index (Phi) is 3.21. The van der Waals surface area contributed by atoms with Gasteiger partial charge in [0, 0.05) is 6.54 Å². The van der Waals surface area contributed by atoms with Gasteiger partial charge in [0.1, 0.15) is 5.01 Å². The summed E-state index contributed by atoms with van der Waals surface area (Å²) in [5, 5.41) is 16.8. The van der Waals surface area contributed by atoms with E-state index in [1.165, 1.54) is 12.8 Å². The summed E-state index contributed by atoms with van der Waals surface area (Å²) in [6, 6.07) is 0. The molecule has 0 saturated carbocycles. The van der Waals surface area contributed by atoms with Crippen molar-refractivity contribution in [3.63, 3.8) is 0 Å². The van der Waals surface area contributed by atoms with Crippen molar-refractivity contribution in [3.05, 3.63) is 5.01 Å². The van der Waals surface area contributed by atoms with Gasteiger partial charge in [0.2, 0.25) is 5.13 Å². The summed E-state index contributed by atoms with van der Waals surface area (Å²) in [5.41, 5.74) is 0.408. The molecule has 0 aliphatic carbocycles. The van der Waals surface area contributed by atoms with Gasteiger partial charge in [-0.05, 0) is 38.3 Å². The third kappa shape index (κ3) is 2.89. The molecule has 2 N–H and O–H groups in total. The van der Waals surface area contributed by atoms with Crippen LogP contribution in [0.3, 0.4) is 0 Å². The van der Waals surface area contributed by atoms with Crippen LogP contribution >= 0.6 is 11.3 Å². The Bertz CT molecular complexity index is 317. The normalized spacial score (nSPS) is 20.1. The van der Waals surface area contributed by atoms with Gasteiger partial charge in [-0.25, -0.2) is 0 Å². The van der Waals surface area contributed by atoms with Crippen LogP contribution in [0, 0.1) is 12.3 Å². The minimum atomic E-state index is 0.408. The van der Waals surface area contributed by atoms with Crippen LogP contribution in [-0.2, 0) is 0 Å². The van der Waals surface area contributed by atoms with Crippen molar-refractivity contribution in [1.82, 2.24) is 15.5 Å². The molecule has 1 aliphatic rings. The first-order valence-electron chi connectivity index (χ1n) is 5.43. The molecule has 0 unspecified atom stereocenters. The Morgan fingerprint density at radius 2 is 2.13 bits per heavy atom. The molecule has 0 spiro atoms. The molecule has 0 bridgehead atoms. The average Bonchev–Trinajstić information content (AvgIpc) is 2.63. The molecular formula is C10H18N4S. The maximum atomic E-state index is 4.07. The van der Waals surface area contributed by atoms with Crippen molar-refractivity contribution >= 4 is 16.5 Å². The summed E-state index contributed by atoms with van der Waals surface area (Å²) in [6.45, 7) is 7.59. The predicted octanol–water partition coefficient (Wildman–Crippen LogP) is 1.65. The Balaban J connectivity index is 1.86. The zero-order valence-electron chi connectivity index (χ0n) is 9.34. The molecule has 1 aliphatic heterocycles. The molecule has 1 fully saturated rings. The number of piperidine rings is 1. The van der Waals surface area contributed by atoms with Crippen LogP contribution in [0.4, 0.5) is 5.13 Å². The predicted molar refractivity (Wildman–Crippen MR) is 63.3 cm³/mol. The molecule has 2 rings (SSSR count). The van der Waals surface area contributed by atoms with Crippen LogP contribution in [0.5, 0.6) is 0 Å². The zero-order chi connectivity index (χ0) is 10.7. The van der Waals surface area contributed by atoms with E-state index < -0.39 is 0 Å². The number of hydrogen-bond acceptors (Lipinski definition) is 5. The van der Waals surface area contributed by atoms with E-state index in [0.717, 1.165) is 29.8 Å². The maximum absolute atomic E-state index is 4.07. The van der Waals surface area contributed by atoms with Gasteiger partial charge in [-0.15, -0.1) is 10.2 Å². The first kappa shape index (κ1) is 10.8. The lowest BCUT2D eigenvalue weighted by atomic mass is 9.81. The average molecular weight is 226 g/mol. The van der Waals surface area contributed by atoms with Crippen LogP contribution in [0.2, 0.25) is 0 Å². The topological polar surface area (TPSA) is 49.8 Å². The number of aryl methyl sites for hydroxylation is 1. The molecule has 1 aromatic rings. The van der Waals surface area contributed by atoms with Crippen molar-refractivity contribution in [3.8, 4) is 0 Å². The largest absolute Gasteiger partial charge is 0.360 e. The summed E-state index contributed by atoms with van der Waals surface area (Å²) < 4.78 is 0. The molecule has 1 saturated heterocycles. The van der Waals surface area contributed by atoms with Crippen LogP contribution in [0.1, 0.15) is 24.8 Å². The quantitative estimate of drug-likeness (QED) is 0.823. The minimum Gasteiger partial charge on any atom is -0.360 e. The van der Waals surface area contributed by atoms with Crippen LogP contribution in [0.15, 0.2) is 0 Å². The highest BCUT2D eigenvalue weighted by molar-refractivity contribution is 7.15. The first-order chi connectivity index (χ1) is 7.18. The Morgan fingerprint density at radius 3 is 2.73 bits per heavy atom. The standard InChI is InChI=1S/C10H18N4S/c1-8-13-14-9(15-8)12-7-10(2)3-5-11-6-4-10/h11H,3-7H2,1-2H3,(H,12,14). The van der Waals surface area contributed by atoms with E-state index in [2.05, 4.69) is 27.8 Å². The molecule has 84 valence electrons. The molecule has 0 radical (unpaired) electrons. The second kappa shape index (κ2) is 4.45. The third-order valence-corrected chi connectivity index (χ3v) is 3.80. The molecule has 0 atom stereocenters. The van der Waals surface area contributed by atoms with Gasteiger partial charge in [0.15, 0.2) is 0 Å². The van der Waals surface area contributed by atoms with Gasteiger partial charge in [-0.3, -0.25) is 0 Å². The molecule has 15 heavy (non-hydrogen) atoms. The number of rotatable bonds is 3. The van der Waals surface area contributed by atoms with Crippen molar-refractivity contribution in [2.24, 2.45) is 5.41 Å². The van der Waals surface area contributed by atoms with Crippen LogP contribution < -0.4 is 10.6 Å². The lowest BCUT2D eigenvalue weighted by molar-refractivity contribution is 0.247. The highest BCUT2D eigenvalue weighted by Gasteiger charge is 2.26. The fraction of sp³-hybridized carbons (Fsp3) is 0.800. The number of anilines is 1. The highest BCUT2D eigenvalue weighted by Crippen LogP contribution is 2.28. The van der Waals surface area contributed by atoms with E-state index in [-0.39, 0.29) is 0 Å². The zero-order valence-corrected chi connectivity index (χ0v) is 10.2. The first-order valence-corrected chi connectivity index (χ1v) is 6.24. The molecule has 4 nitrogen and oxygen atoms in total. The molecule has 2 heterocycles. The number of nitrogens with one attached hydrogen (secondary N) is 2. The summed E-state index contributed by atoms with van der Waals surface area (Å²) in [5.74, 6) is 0. The van der Waals surface area contributed by atoms with Crippen molar-refractivity contribution < 1.29 is 0 Å². The fourth-order valence-electron chi connectivity index (χ4n) is 1.86. The SMILES string of the molecule is Cc1nnc(NCC2(C)CCNCC2)s1. The smallest absolute Gasteiger partial charge is 0.205 e. The highest BCUT2D eigenvalue weighted by atomic mass is 32.1. The van der Waals surface area contributed by atoms with E-state index in [1.807, 2.05) is 6.92 Å². The molecule has 5 heteroatoms. The molecule has 1 aromatic heterocycles. The van der Waals surface area contributed by atoms with Crippen LogP contribution in [0.25, 0.3) is 0 Å². The Morgan fingerprint density at radius 1 is 1.40 bits per heavy atom. The van der Waals surface area contributed by atoms with Gasteiger partial charge >= 0.3 is 0 Å². The molecule has 0 amide bonds. The van der Waals surface area contributed by atoms with Crippen molar-refractivity contribution in [1.29, 1.82) is 0 Å². The van der Waals surface area contributed by atoms with E-state index in [4.69, 9.17) is 0 Å². The summed E-state index contributed by atoms with van der Waals surface area (Å²) in [6.07, 6.45) is 2.47. The Hall–Kier alpha value is -0.680. The summed E-state index contributed by atoms with van der Waals surface area (Å²) in [7, 11) is 0. The molecule has 0 aromatic carbocycles. The number of nitrogens with zero attached hydrogens (tertiary/aromatic N) is 2. The third-order valence-electron chi connectivity index (χ3n) is 3.00. The van der Waals surface area contributed by atoms with E-state index >= 15 is 0 Å². The maximum Gasteiger partial charge on any atom is 0.205 e. The lowest BCUT2D eigenvalue weighted by Gasteiger charge is -2.33. The van der Waals surface area contributed by atoms with Gasteiger partial charge in [-0.2, -0.15) is 0 Å². The van der Waals surface area contributed by atoms with E-state index in [0.29, 0.717) is 5.41 Å². The lowest BCUT2D eigenvalue weighted by Crippen LogP contribution is -2.39. The molecular weight excluding hydrogens is 208 g/mol. The Labute approximate surface area is 94.5 Å². The summed E-state index contributed by atoms with van der Waals surface area (Å²) >= 11 is 1.63. The number of aromatic nitrogens is 2. The van der Waals surface area contributed by atoms with E-state index in [1.54, 1.807) is 11.3 Å². The monoisotopic (exact) mass is 226 g/mol. The second-order valence-electron chi connectivity index (χ2n) is 4.54. The summed E-state index contributed by atoms with van der Waals surface area (Å²) in [4.78, 5) is 0. The van der Waals surface area contributed by atoms with Crippen molar-refractivity contribution in [2.75, 3.05) is 25.0 Å². The van der Waals surface area contributed by atoms with Gasteiger partial charge in [0.05, 0.1) is 0 Å². The van der Waals surface area contributed by atoms with Gasteiger partial charge < -0.3 is 10.6 Å². The van der Waals surface area contributed by atoms with Gasteiger partial charge in [-0.1, -0.05) is 18.3 Å². The minimum absolute atomic E-state index is 0.408. The van der Waals surface area contributed by atoms with E-state index in [9.17, 15) is 0 Å².